The van der Waals surface area contributed by atoms with E-state index in [2.05, 4.69) is 15.3 Å². The van der Waals surface area contributed by atoms with Crippen molar-refractivity contribution in [1.29, 1.82) is 0 Å². The smallest absolute Gasteiger partial charge is 0.308 e. The van der Waals surface area contributed by atoms with Crippen LogP contribution in [-0.2, 0) is 4.79 Å². The molecular weight excluding hydrogens is 229 g/mol. The number of rotatable bonds is 5. The summed E-state index contributed by atoms with van der Waals surface area (Å²) < 4.78 is 12.4. The molecule has 0 saturated heterocycles. The van der Waals surface area contributed by atoms with E-state index in [9.17, 15) is 19.4 Å². The molecule has 17 heavy (non-hydrogen) atoms. The Morgan fingerprint density at radius 2 is 2.06 bits per heavy atom. The zero-order valence-corrected chi connectivity index (χ0v) is 9.30. The molecule has 0 aromatic carbocycles. The zero-order chi connectivity index (χ0) is 12.8. The minimum atomic E-state index is -1.20. The molecule has 1 aromatic heterocycles. The summed E-state index contributed by atoms with van der Waals surface area (Å²) in [7, 11) is 0. The van der Waals surface area contributed by atoms with Gasteiger partial charge in [0.15, 0.2) is 0 Å². The van der Waals surface area contributed by atoms with Gasteiger partial charge in [0.2, 0.25) is 5.91 Å². The maximum atomic E-state index is 12.4. The van der Waals surface area contributed by atoms with E-state index >= 15 is 0 Å². The zero-order valence-electron chi connectivity index (χ0n) is 9.30. The molecular formula is C10H14FN3O3. The summed E-state index contributed by atoms with van der Waals surface area (Å²) in [5.41, 5.74) is 0.224. The van der Waals surface area contributed by atoms with Crippen molar-refractivity contribution in [3.63, 3.8) is 0 Å². The first kappa shape index (κ1) is 13.5. The summed E-state index contributed by atoms with van der Waals surface area (Å²) in [6.07, 6.45) is -0.782. The lowest BCUT2D eigenvalue weighted by Gasteiger charge is -2.17. The molecule has 0 fully saturated rings. The van der Waals surface area contributed by atoms with Gasteiger partial charge in [-0.25, -0.2) is 9.97 Å². The van der Waals surface area contributed by atoms with Crippen LogP contribution in [0.25, 0.3) is 0 Å². The normalized spacial score (nSPS) is 14.1. The summed E-state index contributed by atoms with van der Waals surface area (Å²) in [6.45, 7) is 1.60. The quantitative estimate of drug-likeness (QED) is 0.608. The van der Waals surface area contributed by atoms with Crippen LogP contribution >= 0.6 is 0 Å². The van der Waals surface area contributed by atoms with Crippen molar-refractivity contribution in [2.24, 2.45) is 0 Å². The van der Waals surface area contributed by atoms with Gasteiger partial charge in [-0.1, -0.05) is 0 Å². The highest BCUT2D eigenvalue weighted by Gasteiger charge is 2.18. The van der Waals surface area contributed by atoms with E-state index in [0.29, 0.717) is 0 Å². The number of aliphatic hydroxyl groups is 2. The highest BCUT2D eigenvalue weighted by atomic mass is 19.1. The summed E-state index contributed by atoms with van der Waals surface area (Å²) >= 11 is 0. The molecule has 1 aromatic rings. The first-order valence-electron chi connectivity index (χ1n) is 5.08. The highest BCUT2D eigenvalue weighted by Crippen LogP contribution is 2.16. The van der Waals surface area contributed by atoms with Gasteiger partial charge in [0.1, 0.15) is 6.10 Å². The van der Waals surface area contributed by atoms with Gasteiger partial charge in [0, 0.05) is 31.4 Å². The van der Waals surface area contributed by atoms with Crippen molar-refractivity contribution in [1.82, 2.24) is 15.3 Å². The Kier molecular flexibility index (Phi) is 4.92. The Morgan fingerprint density at radius 1 is 1.47 bits per heavy atom. The fourth-order valence-corrected chi connectivity index (χ4v) is 1.25. The lowest BCUT2D eigenvalue weighted by atomic mass is 10.1. The summed E-state index contributed by atoms with van der Waals surface area (Å²) in [5.74, 6) is -0.211. The number of amides is 1. The molecule has 6 nitrogen and oxygen atoms in total. The van der Waals surface area contributed by atoms with Gasteiger partial charge in [0.25, 0.3) is 0 Å². The van der Waals surface area contributed by atoms with Crippen LogP contribution in [0.15, 0.2) is 12.4 Å². The van der Waals surface area contributed by atoms with E-state index in [1.165, 1.54) is 6.92 Å². The van der Waals surface area contributed by atoms with Crippen LogP contribution in [-0.4, -0.2) is 38.7 Å². The van der Waals surface area contributed by atoms with Crippen LogP contribution < -0.4 is 5.32 Å². The van der Waals surface area contributed by atoms with E-state index in [1.54, 1.807) is 0 Å². The summed E-state index contributed by atoms with van der Waals surface area (Å²) in [6, 6.07) is 0. The van der Waals surface area contributed by atoms with E-state index in [4.69, 9.17) is 0 Å². The molecule has 2 unspecified atom stereocenters. The minimum Gasteiger partial charge on any atom is -0.390 e. The topological polar surface area (TPSA) is 95.3 Å². The van der Waals surface area contributed by atoms with Crippen molar-refractivity contribution in [2.45, 2.75) is 25.6 Å². The van der Waals surface area contributed by atoms with Crippen LogP contribution in [0.5, 0.6) is 0 Å². The number of hydrogen-bond donors (Lipinski definition) is 3. The maximum Gasteiger partial charge on any atom is 0.308 e. The second-order valence-corrected chi connectivity index (χ2v) is 3.57. The van der Waals surface area contributed by atoms with E-state index in [-0.39, 0.29) is 24.4 Å². The number of aliphatic hydroxyl groups excluding tert-OH is 2. The summed E-state index contributed by atoms with van der Waals surface area (Å²) in [4.78, 5) is 17.1. The van der Waals surface area contributed by atoms with Crippen molar-refractivity contribution in [2.75, 3.05) is 6.54 Å². The van der Waals surface area contributed by atoms with Gasteiger partial charge < -0.3 is 15.5 Å². The third-order valence-corrected chi connectivity index (χ3v) is 2.16. The molecule has 7 heteroatoms. The first-order chi connectivity index (χ1) is 8.00. The first-order valence-corrected chi connectivity index (χ1v) is 5.08. The van der Waals surface area contributed by atoms with Gasteiger partial charge >= 0.3 is 6.08 Å². The fraction of sp³-hybridized carbons (Fsp3) is 0.500. The molecule has 0 saturated carbocycles. The standard InChI is InChI=1S/C10H14FN3O3/c1-6(15)12-3-2-8(16)9(17)7-4-13-10(11)14-5-7/h4-5,8-9,16-17H,2-3H2,1H3,(H,12,15). The van der Waals surface area contributed by atoms with E-state index in [1.807, 2.05) is 0 Å². The monoisotopic (exact) mass is 243 g/mol. The maximum absolute atomic E-state index is 12.4. The summed E-state index contributed by atoms with van der Waals surface area (Å²) in [5, 5.41) is 21.8. The van der Waals surface area contributed by atoms with Gasteiger partial charge in [-0.15, -0.1) is 0 Å². The number of halogens is 1. The van der Waals surface area contributed by atoms with Crippen molar-refractivity contribution in [3.05, 3.63) is 24.0 Å². The number of aromatic nitrogens is 2. The molecule has 0 spiro atoms. The van der Waals surface area contributed by atoms with Gasteiger partial charge in [-0.05, 0) is 6.42 Å². The Morgan fingerprint density at radius 3 is 2.59 bits per heavy atom. The third-order valence-electron chi connectivity index (χ3n) is 2.16. The van der Waals surface area contributed by atoms with Crippen LogP contribution in [0.1, 0.15) is 25.0 Å². The second-order valence-electron chi connectivity index (χ2n) is 3.57. The number of nitrogens with one attached hydrogen (secondary N) is 1. The molecule has 0 radical (unpaired) electrons. The number of carbonyl (C=O) groups is 1. The number of hydrogen-bond acceptors (Lipinski definition) is 5. The highest BCUT2D eigenvalue weighted by molar-refractivity contribution is 5.72. The van der Waals surface area contributed by atoms with E-state index in [0.717, 1.165) is 12.4 Å². The van der Waals surface area contributed by atoms with Crippen molar-refractivity contribution >= 4 is 5.91 Å². The van der Waals surface area contributed by atoms with Crippen molar-refractivity contribution < 1.29 is 19.4 Å². The minimum absolute atomic E-state index is 0.179. The molecule has 0 aliphatic rings. The van der Waals surface area contributed by atoms with Crippen LogP contribution in [0, 0.1) is 6.08 Å². The third kappa shape index (κ3) is 4.41. The molecule has 94 valence electrons. The van der Waals surface area contributed by atoms with Crippen LogP contribution in [0.2, 0.25) is 0 Å². The fourth-order valence-electron chi connectivity index (χ4n) is 1.25. The van der Waals surface area contributed by atoms with Crippen LogP contribution in [0.4, 0.5) is 4.39 Å². The average molecular weight is 243 g/mol. The predicted octanol–water partition coefficient (Wildman–Crippen LogP) is -0.464. The lowest BCUT2D eigenvalue weighted by molar-refractivity contribution is -0.119. The lowest BCUT2D eigenvalue weighted by Crippen LogP contribution is -2.27. The molecule has 2 atom stereocenters. The molecule has 0 aliphatic carbocycles. The number of nitrogens with zero attached hydrogens (tertiary/aromatic N) is 2. The molecule has 1 amide bonds. The van der Waals surface area contributed by atoms with E-state index < -0.39 is 18.3 Å². The largest absolute Gasteiger partial charge is 0.390 e. The molecule has 0 bridgehead atoms. The molecule has 1 rings (SSSR count). The molecule has 3 N–H and O–H groups in total. The van der Waals surface area contributed by atoms with Crippen molar-refractivity contribution in [3.8, 4) is 0 Å². The average Bonchev–Trinajstić information content (AvgIpc) is 2.28. The predicted molar refractivity (Wildman–Crippen MR) is 56.3 cm³/mol. The SMILES string of the molecule is CC(=O)NCCC(O)C(O)c1cnc(F)nc1. The Bertz CT molecular complexity index is 372. The molecule has 0 aliphatic heterocycles. The Balaban J connectivity index is 2.48. The van der Waals surface area contributed by atoms with Gasteiger partial charge in [-0.3, -0.25) is 4.79 Å². The second kappa shape index (κ2) is 6.21. The molecule has 1 heterocycles. The number of carbonyl (C=O) groups excluding carboxylic acids is 1. The van der Waals surface area contributed by atoms with Crippen LogP contribution in [0.3, 0.4) is 0 Å². The van der Waals surface area contributed by atoms with Gasteiger partial charge in [-0.2, -0.15) is 4.39 Å². The Labute approximate surface area is 97.5 Å². The van der Waals surface area contributed by atoms with Gasteiger partial charge in [0.05, 0.1) is 6.10 Å². The Hall–Kier alpha value is -1.60.